The van der Waals surface area contributed by atoms with Gasteiger partial charge < -0.3 is 10.4 Å². The molecular formula is C16H19F2NO2. The van der Waals surface area contributed by atoms with Gasteiger partial charge in [0.1, 0.15) is 11.6 Å². The molecule has 1 aromatic carbocycles. The first-order chi connectivity index (χ1) is 10.0. The van der Waals surface area contributed by atoms with Crippen LogP contribution in [0, 0.1) is 36.3 Å². The second-order valence-electron chi connectivity index (χ2n) is 6.26. The molecule has 4 unspecified atom stereocenters. The fourth-order valence-electron chi connectivity index (χ4n) is 3.96. The summed E-state index contributed by atoms with van der Waals surface area (Å²) < 4.78 is 27.0. The molecule has 0 saturated heterocycles. The van der Waals surface area contributed by atoms with E-state index in [4.69, 9.17) is 0 Å². The van der Waals surface area contributed by atoms with Crippen molar-refractivity contribution in [3.8, 4) is 0 Å². The zero-order valence-electron chi connectivity index (χ0n) is 11.9. The van der Waals surface area contributed by atoms with Crippen LogP contribution in [0.25, 0.3) is 0 Å². The monoisotopic (exact) mass is 295 g/mol. The van der Waals surface area contributed by atoms with Crippen LogP contribution in [0.1, 0.15) is 35.2 Å². The number of benzene rings is 1. The van der Waals surface area contributed by atoms with Crippen LogP contribution in [-0.4, -0.2) is 23.7 Å². The third-order valence-corrected chi connectivity index (χ3v) is 5.09. The van der Waals surface area contributed by atoms with Gasteiger partial charge in [0.25, 0.3) is 5.91 Å². The highest BCUT2D eigenvalue weighted by molar-refractivity contribution is 5.95. The van der Waals surface area contributed by atoms with Gasteiger partial charge >= 0.3 is 0 Å². The number of aryl methyl sites for hydroxylation is 1. The summed E-state index contributed by atoms with van der Waals surface area (Å²) in [4.78, 5) is 12.3. The molecule has 4 atom stereocenters. The van der Waals surface area contributed by atoms with Crippen LogP contribution >= 0.6 is 0 Å². The highest BCUT2D eigenvalue weighted by Gasteiger charge is 2.47. The van der Waals surface area contributed by atoms with E-state index in [0.29, 0.717) is 11.8 Å². The first kappa shape index (κ1) is 14.4. The maximum atomic E-state index is 13.8. The molecule has 2 aliphatic rings. The van der Waals surface area contributed by atoms with Crippen molar-refractivity contribution in [2.45, 2.75) is 32.2 Å². The number of hydrogen-bond acceptors (Lipinski definition) is 2. The molecule has 0 heterocycles. The zero-order chi connectivity index (χ0) is 15.1. The minimum Gasteiger partial charge on any atom is -0.396 e. The van der Waals surface area contributed by atoms with Crippen molar-refractivity contribution in [3.63, 3.8) is 0 Å². The first-order valence-corrected chi connectivity index (χ1v) is 7.38. The fraction of sp³-hybridized carbons (Fsp3) is 0.562. The molecule has 0 radical (unpaired) electrons. The number of rotatable bonds is 3. The van der Waals surface area contributed by atoms with E-state index in [0.717, 1.165) is 25.3 Å². The Hall–Kier alpha value is -1.49. The quantitative estimate of drug-likeness (QED) is 0.899. The van der Waals surface area contributed by atoms with Crippen molar-refractivity contribution in [1.82, 2.24) is 5.32 Å². The van der Waals surface area contributed by atoms with Crippen LogP contribution < -0.4 is 5.32 Å². The number of carbonyl (C=O) groups is 1. The molecule has 2 fully saturated rings. The maximum absolute atomic E-state index is 13.8. The van der Waals surface area contributed by atoms with Crippen molar-refractivity contribution in [2.75, 3.05) is 6.61 Å². The highest BCUT2D eigenvalue weighted by Crippen LogP contribution is 2.48. The lowest BCUT2D eigenvalue weighted by Crippen LogP contribution is -2.45. The van der Waals surface area contributed by atoms with Gasteiger partial charge in [0, 0.05) is 24.6 Å². The molecule has 2 aliphatic carbocycles. The van der Waals surface area contributed by atoms with E-state index in [-0.39, 0.29) is 29.7 Å². The number of nitrogens with one attached hydrogen (secondary N) is 1. The number of fused-ring (bicyclic) bond motifs is 2. The molecule has 2 N–H and O–H groups in total. The Bertz CT molecular complexity index is 576. The summed E-state index contributed by atoms with van der Waals surface area (Å²) >= 11 is 0. The number of halogens is 2. The van der Waals surface area contributed by atoms with Crippen LogP contribution in [0.15, 0.2) is 12.1 Å². The van der Waals surface area contributed by atoms with Crippen LogP contribution in [0.2, 0.25) is 0 Å². The molecule has 3 rings (SSSR count). The molecule has 2 saturated carbocycles. The second kappa shape index (κ2) is 5.37. The molecular weight excluding hydrogens is 276 g/mol. The summed E-state index contributed by atoms with van der Waals surface area (Å²) in [5, 5.41) is 12.4. The minimum absolute atomic E-state index is 0.0387. The van der Waals surface area contributed by atoms with Crippen molar-refractivity contribution in [2.24, 2.45) is 17.8 Å². The predicted molar refractivity (Wildman–Crippen MR) is 73.8 cm³/mol. The van der Waals surface area contributed by atoms with Crippen LogP contribution in [0.4, 0.5) is 8.78 Å². The van der Waals surface area contributed by atoms with Crippen LogP contribution in [0.3, 0.4) is 0 Å². The maximum Gasteiger partial charge on any atom is 0.254 e. The van der Waals surface area contributed by atoms with Gasteiger partial charge in [0.2, 0.25) is 0 Å². The normalized spacial score (nSPS) is 30.7. The SMILES string of the molecule is Cc1cc(C(=O)NC2C3CCC(C3)C2CO)c(F)cc1F. The summed E-state index contributed by atoms with van der Waals surface area (Å²) in [7, 11) is 0. The molecule has 1 amide bonds. The molecule has 2 bridgehead atoms. The minimum atomic E-state index is -0.848. The molecule has 21 heavy (non-hydrogen) atoms. The van der Waals surface area contributed by atoms with Crippen molar-refractivity contribution in [3.05, 3.63) is 34.9 Å². The highest BCUT2D eigenvalue weighted by atomic mass is 19.1. The van der Waals surface area contributed by atoms with Gasteiger partial charge in [-0.05, 0) is 49.7 Å². The van der Waals surface area contributed by atoms with Crippen molar-refractivity contribution in [1.29, 1.82) is 0 Å². The van der Waals surface area contributed by atoms with Gasteiger partial charge in [-0.2, -0.15) is 0 Å². The van der Waals surface area contributed by atoms with E-state index in [1.165, 1.54) is 13.0 Å². The molecule has 3 nitrogen and oxygen atoms in total. The van der Waals surface area contributed by atoms with E-state index in [1.54, 1.807) is 0 Å². The van der Waals surface area contributed by atoms with Gasteiger partial charge in [-0.15, -0.1) is 0 Å². The largest absolute Gasteiger partial charge is 0.396 e. The fourth-order valence-corrected chi connectivity index (χ4v) is 3.96. The average molecular weight is 295 g/mol. The topological polar surface area (TPSA) is 49.3 Å². The summed E-state index contributed by atoms with van der Waals surface area (Å²) in [5.74, 6) is -1.16. The number of aliphatic hydroxyl groups is 1. The lowest BCUT2D eigenvalue weighted by Gasteiger charge is -2.30. The lowest BCUT2D eigenvalue weighted by atomic mass is 9.85. The smallest absolute Gasteiger partial charge is 0.254 e. The number of aliphatic hydroxyl groups excluding tert-OH is 1. The third-order valence-electron chi connectivity index (χ3n) is 5.09. The molecule has 114 valence electrons. The van der Waals surface area contributed by atoms with Gasteiger partial charge in [-0.25, -0.2) is 8.78 Å². The summed E-state index contributed by atoms with van der Waals surface area (Å²) in [6.45, 7) is 1.54. The number of carbonyl (C=O) groups excluding carboxylic acids is 1. The Morgan fingerprint density at radius 2 is 2.00 bits per heavy atom. The Labute approximate surface area is 122 Å². The van der Waals surface area contributed by atoms with Crippen molar-refractivity contribution < 1.29 is 18.7 Å². The van der Waals surface area contributed by atoms with Gasteiger partial charge in [0.05, 0.1) is 5.56 Å². The van der Waals surface area contributed by atoms with Crippen molar-refractivity contribution >= 4 is 5.91 Å². The second-order valence-corrected chi connectivity index (χ2v) is 6.26. The average Bonchev–Trinajstić information content (AvgIpc) is 3.03. The molecule has 0 aromatic heterocycles. The third kappa shape index (κ3) is 2.44. The molecule has 5 heteroatoms. The van der Waals surface area contributed by atoms with Gasteiger partial charge in [-0.1, -0.05) is 0 Å². The molecule has 0 aliphatic heterocycles. The van der Waals surface area contributed by atoms with Crippen LogP contribution in [-0.2, 0) is 0 Å². The predicted octanol–water partition coefficient (Wildman–Crippen LogP) is 2.41. The number of hydrogen-bond donors (Lipinski definition) is 2. The first-order valence-electron chi connectivity index (χ1n) is 7.38. The standard InChI is InChI=1S/C16H19F2NO2/c1-8-4-11(14(18)6-13(8)17)16(21)19-15-10-3-2-9(5-10)12(15)7-20/h4,6,9-10,12,15,20H,2-3,5,7H2,1H3,(H,19,21). The van der Waals surface area contributed by atoms with E-state index in [1.807, 2.05) is 0 Å². The van der Waals surface area contributed by atoms with Gasteiger partial charge in [0.15, 0.2) is 0 Å². The van der Waals surface area contributed by atoms with Gasteiger partial charge in [-0.3, -0.25) is 4.79 Å². The van der Waals surface area contributed by atoms with E-state index >= 15 is 0 Å². The lowest BCUT2D eigenvalue weighted by molar-refractivity contribution is 0.0857. The van der Waals surface area contributed by atoms with E-state index in [2.05, 4.69) is 5.32 Å². The Morgan fingerprint density at radius 3 is 2.71 bits per heavy atom. The van der Waals surface area contributed by atoms with Crippen LogP contribution in [0.5, 0.6) is 0 Å². The molecule has 1 aromatic rings. The Kier molecular flexibility index (Phi) is 3.69. The molecule has 0 spiro atoms. The summed E-state index contributed by atoms with van der Waals surface area (Å²) in [5.41, 5.74) is 0.113. The van der Waals surface area contributed by atoms with E-state index in [9.17, 15) is 18.7 Å². The summed E-state index contributed by atoms with van der Waals surface area (Å²) in [6.07, 6.45) is 3.14. The number of amides is 1. The Balaban J connectivity index is 1.79. The van der Waals surface area contributed by atoms with E-state index < -0.39 is 17.5 Å². The zero-order valence-corrected chi connectivity index (χ0v) is 11.9. The Morgan fingerprint density at radius 1 is 1.29 bits per heavy atom. The summed E-state index contributed by atoms with van der Waals surface area (Å²) in [6, 6.07) is 1.88.